The van der Waals surface area contributed by atoms with E-state index >= 15 is 0 Å². The molecule has 2 heterocycles. The zero-order valence-corrected chi connectivity index (χ0v) is 14.4. The van der Waals surface area contributed by atoms with Gasteiger partial charge in [0.1, 0.15) is 12.4 Å². The van der Waals surface area contributed by atoms with Crippen LogP contribution in [0, 0.1) is 5.92 Å². The molecule has 1 aliphatic rings. The zero-order valence-electron chi connectivity index (χ0n) is 14.4. The lowest BCUT2D eigenvalue weighted by Crippen LogP contribution is -2.48. The van der Waals surface area contributed by atoms with E-state index in [0.717, 1.165) is 12.1 Å². The average Bonchev–Trinajstić information content (AvgIpc) is 2.59. The van der Waals surface area contributed by atoms with Crippen molar-refractivity contribution in [3.63, 3.8) is 0 Å². The van der Waals surface area contributed by atoms with Gasteiger partial charge >= 0.3 is 12.4 Å². The lowest BCUT2D eigenvalue weighted by Gasteiger charge is -2.36. The Balaban J connectivity index is 2.20. The zero-order chi connectivity index (χ0) is 20.2. The van der Waals surface area contributed by atoms with Gasteiger partial charge in [0.2, 0.25) is 5.91 Å². The normalized spacial score (nSPS) is 18.3. The maximum atomic E-state index is 13.2. The molecule has 0 aliphatic carbocycles. The molecule has 1 aliphatic heterocycles. The van der Waals surface area contributed by atoms with Gasteiger partial charge in [0.25, 0.3) is 0 Å². The van der Waals surface area contributed by atoms with Gasteiger partial charge in [-0.25, -0.2) is 4.98 Å². The Morgan fingerprint density at radius 1 is 1.33 bits per heavy atom. The van der Waals surface area contributed by atoms with Crippen LogP contribution in [0.1, 0.15) is 18.4 Å². The van der Waals surface area contributed by atoms with Crippen molar-refractivity contribution in [3.05, 3.63) is 36.5 Å². The first kappa shape index (κ1) is 21.0. The minimum atomic E-state index is -4.62. The number of amides is 1. The second kappa shape index (κ2) is 8.18. The molecule has 2 rings (SSSR count). The first-order valence-electron chi connectivity index (χ1n) is 8.26. The van der Waals surface area contributed by atoms with Crippen molar-refractivity contribution in [2.75, 3.05) is 31.1 Å². The number of halogens is 6. The van der Waals surface area contributed by atoms with Crippen LogP contribution in [0.15, 0.2) is 31.0 Å². The third-order valence-corrected chi connectivity index (χ3v) is 4.19. The highest BCUT2D eigenvalue weighted by molar-refractivity contribution is 5.80. The molecule has 0 N–H and O–H groups in total. The van der Waals surface area contributed by atoms with Crippen molar-refractivity contribution in [1.82, 2.24) is 9.88 Å². The monoisotopic (exact) mass is 395 g/mol. The molecule has 0 bridgehead atoms. The largest absolute Gasteiger partial charge is 0.419 e. The molecule has 1 fully saturated rings. The van der Waals surface area contributed by atoms with Crippen LogP contribution < -0.4 is 4.90 Å². The number of carbonyl (C=O) groups excluding carboxylic acids is 1. The minimum absolute atomic E-state index is 0.121. The van der Waals surface area contributed by atoms with Crippen molar-refractivity contribution in [2.24, 2.45) is 5.92 Å². The third kappa shape index (κ3) is 5.61. The number of hydrogen-bond acceptors (Lipinski definition) is 3. The minimum Gasteiger partial charge on any atom is -0.355 e. The topological polar surface area (TPSA) is 36.4 Å². The number of alkyl halides is 6. The summed E-state index contributed by atoms with van der Waals surface area (Å²) >= 11 is 0. The molecule has 27 heavy (non-hydrogen) atoms. The molecule has 1 aromatic heterocycles. The van der Waals surface area contributed by atoms with Crippen LogP contribution in [0.4, 0.5) is 32.2 Å². The van der Waals surface area contributed by atoms with E-state index in [1.165, 1.54) is 17.2 Å². The van der Waals surface area contributed by atoms with E-state index in [2.05, 4.69) is 11.6 Å². The fraction of sp³-hybridized carbons (Fsp3) is 0.529. The molecule has 1 amide bonds. The van der Waals surface area contributed by atoms with Gasteiger partial charge in [0.05, 0.1) is 11.5 Å². The van der Waals surface area contributed by atoms with Crippen molar-refractivity contribution in [2.45, 2.75) is 25.2 Å². The lowest BCUT2D eigenvalue weighted by atomic mass is 9.96. The van der Waals surface area contributed by atoms with E-state index < -0.39 is 36.3 Å². The summed E-state index contributed by atoms with van der Waals surface area (Å²) in [5.41, 5.74) is -0.934. The smallest absolute Gasteiger partial charge is 0.355 e. The fourth-order valence-corrected chi connectivity index (χ4v) is 3.10. The van der Waals surface area contributed by atoms with Gasteiger partial charge in [0.15, 0.2) is 0 Å². The number of carbonyl (C=O) groups is 1. The van der Waals surface area contributed by atoms with Crippen LogP contribution in [0.2, 0.25) is 0 Å². The molecular formula is C17H19F6N3O. The van der Waals surface area contributed by atoms with Crippen LogP contribution in [-0.4, -0.2) is 48.1 Å². The highest BCUT2D eigenvalue weighted by Gasteiger charge is 2.39. The molecule has 0 saturated carbocycles. The molecule has 0 spiro atoms. The van der Waals surface area contributed by atoms with E-state index in [0.29, 0.717) is 17.7 Å². The predicted molar refractivity (Wildman–Crippen MR) is 87.0 cm³/mol. The Kier molecular flexibility index (Phi) is 6.38. The van der Waals surface area contributed by atoms with E-state index in [9.17, 15) is 31.1 Å². The Bertz CT molecular complexity index is 673. The van der Waals surface area contributed by atoms with Crippen LogP contribution in [0.3, 0.4) is 0 Å². The number of nitrogens with zero attached hydrogens (tertiary/aromatic N) is 3. The third-order valence-electron chi connectivity index (χ3n) is 4.19. The molecule has 1 atom stereocenters. The summed E-state index contributed by atoms with van der Waals surface area (Å²) < 4.78 is 77.7. The molecule has 0 aromatic carbocycles. The lowest BCUT2D eigenvalue weighted by molar-refractivity contribution is -0.162. The molecule has 10 heteroatoms. The molecule has 0 radical (unpaired) electrons. The van der Waals surface area contributed by atoms with Crippen molar-refractivity contribution >= 4 is 11.7 Å². The molecule has 4 nitrogen and oxygen atoms in total. The maximum Gasteiger partial charge on any atom is 0.419 e. The number of piperidine rings is 1. The SMILES string of the molecule is C=CCN(CC(F)(F)F)C(=O)C1CCCN(c2ncccc2C(F)(F)F)C1. The first-order chi connectivity index (χ1) is 12.5. The Hall–Kier alpha value is -2.26. The molecule has 1 saturated heterocycles. The summed E-state index contributed by atoms with van der Waals surface area (Å²) in [4.78, 5) is 18.3. The summed E-state index contributed by atoms with van der Waals surface area (Å²) in [6.45, 7) is 1.76. The van der Waals surface area contributed by atoms with Crippen molar-refractivity contribution in [3.8, 4) is 0 Å². The van der Waals surface area contributed by atoms with Crippen LogP contribution >= 0.6 is 0 Å². The van der Waals surface area contributed by atoms with Gasteiger partial charge in [-0.2, -0.15) is 26.3 Å². The van der Waals surface area contributed by atoms with Gasteiger partial charge in [-0.1, -0.05) is 6.08 Å². The Labute approximate surface area is 152 Å². The van der Waals surface area contributed by atoms with E-state index in [1.807, 2.05) is 0 Å². The van der Waals surface area contributed by atoms with Crippen LogP contribution in [0.5, 0.6) is 0 Å². The standard InChI is InChI=1S/C17H19F6N3O/c1-2-8-26(11-16(18,19)20)15(27)12-5-4-9-25(10-12)14-13(17(21,22)23)6-3-7-24-14/h2-3,6-7,12H,1,4-5,8-11H2. The van der Waals surface area contributed by atoms with Gasteiger partial charge in [-0.3, -0.25) is 4.79 Å². The molecule has 1 unspecified atom stereocenters. The second-order valence-electron chi connectivity index (χ2n) is 6.28. The number of anilines is 1. The fourth-order valence-electron chi connectivity index (χ4n) is 3.10. The Morgan fingerprint density at radius 2 is 2.04 bits per heavy atom. The average molecular weight is 395 g/mol. The Morgan fingerprint density at radius 3 is 2.63 bits per heavy atom. The first-order valence-corrected chi connectivity index (χ1v) is 8.26. The number of rotatable bonds is 5. The van der Waals surface area contributed by atoms with Crippen LogP contribution in [0.25, 0.3) is 0 Å². The highest BCUT2D eigenvalue weighted by atomic mass is 19.4. The maximum absolute atomic E-state index is 13.2. The highest BCUT2D eigenvalue weighted by Crippen LogP contribution is 2.36. The van der Waals surface area contributed by atoms with Gasteiger partial charge < -0.3 is 9.80 Å². The molecule has 1 aromatic rings. The van der Waals surface area contributed by atoms with Crippen molar-refractivity contribution in [1.29, 1.82) is 0 Å². The molecule has 150 valence electrons. The second-order valence-corrected chi connectivity index (χ2v) is 6.28. The summed E-state index contributed by atoms with van der Waals surface area (Å²) in [5.74, 6) is -1.90. The molecular weight excluding hydrogens is 376 g/mol. The number of aromatic nitrogens is 1. The van der Waals surface area contributed by atoms with E-state index in [4.69, 9.17) is 0 Å². The summed E-state index contributed by atoms with van der Waals surface area (Å²) in [7, 11) is 0. The number of pyridine rings is 1. The number of hydrogen-bond donors (Lipinski definition) is 0. The van der Waals surface area contributed by atoms with E-state index in [1.54, 1.807) is 0 Å². The van der Waals surface area contributed by atoms with Crippen molar-refractivity contribution < 1.29 is 31.1 Å². The van der Waals surface area contributed by atoms with Gasteiger partial charge in [-0.05, 0) is 25.0 Å². The quantitative estimate of drug-likeness (QED) is 0.561. The predicted octanol–water partition coefficient (Wildman–Crippen LogP) is 3.89. The van der Waals surface area contributed by atoms with Gasteiger partial charge in [0, 0.05) is 25.8 Å². The van der Waals surface area contributed by atoms with Gasteiger partial charge in [-0.15, -0.1) is 6.58 Å². The van der Waals surface area contributed by atoms with E-state index in [-0.39, 0.29) is 25.5 Å². The summed E-state index contributed by atoms with van der Waals surface area (Å²) in [6, 6.07) is 2.05. The van der Waals surface area contributed by atoms with Crippen LogP contribution in [-0.2, 0) is 11.0 Å². The summed E-state index contributed by atoms with van der Waals surface area (Å²) in [6.07, 6.45) is -6.12. The summed E-state index contributed by atoms with van der Waals surface area (Å²) in [5, 5.41) is 0.